The predicted molar refractivity (Wildman–Crippen MR) is 81.9 cm³/mol. The third-order valence-electron chi connectivity index (χ3n) is 4.69. The van der Waals surface area contributed by atoms with Gasteiger partial charge in [0.1, 0.15) is 5.54 Å². The standard InChI is InChI=1S/C15H31N3O2/c1-6-18(7-2)13-8-10-17(12-13)11-9-15(3,16-4)14(19)20-5/h13,16H,6-12H2,1-5H3. The number of likely N-dealkylation sites (N-methyl/N-ethyl adjacent to an activating group) is 2. The van der Waals surface area contributed by atoms with Crippen molar-refractivity contribution in [2.75, 3.05) is 46.9 Å². The van der Waals surface area contributed by atoms with E-state index in [1.54, 1.807) is 0 Å². The minimum Gasteiger partial charge on any atom is -0.468 e. The van der Waals surface area contributed by atoms with Crippen LogP contribution in [0.2, 0.25) is 0 Å². The van der Waals surface area contributed by atoms with Gasteiger partial charge in [-0.2, -0.15) is 0 Å². The van der Waals surface area contributed by atoms with E-state index in [2.05, 4.69) is 29.0 Å². The van der Waals surface area contributed by atoms with Crippen LogP contribution in [-0.4, -0.2) is 74.2 Å². The number of nitrogens with one attached hydrogen (secondary N) is 1. The van der Waals surface area contributed by atoms with Crippen LogP contribution in [0.15, 0.2) is 0 Å². The summed E-state index contributed by atoms with van der Waals surface area (Å²) >= 11 is 0. The highest BCUT2D eigenvalue weighted by atomic mass is 16.5. The van der Waals surface area contributed by atoms with Gasteiger partial charge in [-0.05, 0) is 46.4 Å². The van der Waals surface area contributed by atoms with Crippen molar-refractivity contribution in [2.24, 2.45) is 0 Å². The molecule has 1 N–H and O–H groups in total. The summed E-state index contributed by atoms with van der Waals surface area (Å²) in [4.78, 5) is 16.8. The lowest BCUT2D eigenvalue weighted by Crippen LogP contribution is -2.50. The topological polar surface area (TPSA) is 44.8 Å². The van der Waals surface area contributed by atoms with E-state index in [1.807, 2.05) is 14.0 Å². The molecule has 1 heterocycles. The zero-order valence-corrected chi connectivity index (χ0v) is 13.7. The lowest BCUT2D eigenvalue weighted by Gasteiger charge is -2.29. The molecule has 0 aromatic rings. The Morgan fingerprint density at radius 2 is 2.10 bits per heavy atom. The molecule has 1 aliphatic heterocycles. The summed E-state index contributed by atoms with van der Waals surface area (Å²) in [5.74, 6) is -0.181. The van der Waals surface area contributed by atoms with Gasteiger partial charge in [0.2, 0.25) is 0 Å². The largest absolute Gasteiger partial charge is 0.468 e. The SMILES string of the molecule is CCN(CC)C1CCN(CCC(C)(NC)C(=O)OC)C1. The van der Waals surface area contributed by atoms with Gasteiger partial charge in [0, 0.05) is 19.1 Å². The van der Waals surface area contributed by atoms with Crippen LogP contribution < -0.4 is 5.32 Å². The highest BCUT2D eigenvalue weighted by Crippen LogP contribution is 2.18. The van der Waals surface area contributed by atoms with E-state index in [4.69, 9.17) is 4.74 Å². The van der Waals surface area contributed by atoms with Crippen molar-refractivity contribution in [2.45, 2.75) is 45.2 Å². The molecule has 118 valence electrons. The third-order valence-corrected chi connectivity index (χ3v) is 4.69. The molecular weight excluding hydrogens is 254 g/mol. The normalized spacial score (nSPS) is 23.0. The number of likely N-dealkylation sites (tertiary alicyclic amines) is 1. The highest BCUT2D eigenvalue weighted by molar-refractivity contribution is 5.80. The number of carbonyl (C=O) groups excluding carboxylic acids is 1. The minimum atomic E-state index is -0.581. The van der Waals surface area contributed by atoms with Gasteiger partial charge in [-0.1, -0.05) is 13.8 Å². The second kappa shape index (κ2) is 7.96. The molecule has 0 radical (unpaired) electrons. The lowest BCUT2D eigenvalue weighted by molar-refractivity contribution is -0.148. The molecule has 2 atom stereocenters. The maximum atomic E-state index is 11.8. The van der Waals surface area contributed by atoms with E-state index in [1.165, 1.54) is 13.5 Å². The molecule has 2 unspecified atom stereocenters. The quantitative estimate of drug-likeness (QED) is 0.673. The van der Waals surface area contributed by atoms with E-state index < -0.39 is 5.54 Å². The van der Waals surface area contributed by atoms with Gasteiger partial charge in [-0.15, -0.1) is 0 Å². The fourth-order valence-electron chi connectivity index (χ4n) is 2.99. The van der Waals surface area contributed by atoms with E-state index in [-0.39, 0.29) is 5.97 Å². The number of rotatable bonds is 8. The van der Waals surface area contributed by atoms with E-state index >= 15 is 0 Å². The molecule has 1 saturated heterocycles. The maximum Gasteiger partial charge on any atom is 0.325 e. The number of hydrogen-bond acceptors (Lipinski definition) is 5. The van der Waals surface area contributed by atoms with Crippen molar-refractivity contribution in [3.8, 4) is 0 Å². The molecule has 0 bridgehead atoms. The average molecular weight is 285 g/mol. The summed E-state index contributed by atoms with van der Waals surface area (Å²) in [5, 5.41) is 3.10. The smallest absolute Gasteiger partial charge is 0.325 e. The first kappa shape index (κ1) is 17.4. The van der Waals surface area contributed by atoms with E-state index in [9.17, 15) is 4.79 Å². The van der Waals surface area contributed by atoms with Crippen LogP contribution in [0.25, 0.3) is 0 Å². The summed E-state index contributed by atoms with van der Waals surface area (Å²) in [5.41, 5.74) is -0.581. The molecule has 0 saturated carbocycles. The number of carbonyl (C=O) groups is 1. The van der Waals surface area contributed by atoms with Gasteiger partial charge in [-0.25, -0.2) is 0 Å². The molecule has 1 fully saturated rings. The molecular formula is C15H31N3O2. The Bertz CT molecular complexity index is 307. The zero-order valence-electron chi connectivity index (χ0n) is 13.7. The lowest BCUT2D eigenvalue weighted by atomic mass is 9.98. The first-order valence-corrected chi connectivity index (χ1v) is 7.74. The summed E-state index contributed by atoms with van der Waals surface area (Å²) in [6.45, 7) is 11.8. The van der Waals surface area contributed by atoms with Crippen molar-refractivity contribution >= 4 is 5.97 Å². The molecule has 1 aliphatic rings. The Labute approximate surface area is 123 Å². The molecule has 0 amide bonds. The van der Waals surface area contributed by atoms with Crippen LogP contribution in [0.3, 0.4) is 0 Å². The van der Waals surface area contributed by atoms with Crippen molar-refractivity contribution in [1.29, 1.82) is 0 Å². The van der Waals surface area contributed by atoms with Crippen LogP contribution in [0.4, 0.5) is 0 Å². The summed E-state index contributed by atoms with van der Waals surface area (Å²) in [6, 6.07) is 0.670. The van der Waals surface area contributed by atoms with Crippen LogP contribution in [0.5, 0.6) is 0 Å². The fraction of sp³-hybridized carbons (Fsp3) is 0.933. The number of nitrogens with zero attached hydrogens (tertiary/aromatic N) is 2. The Balaban J connectivity index is 2.45. The Hall–Kier alpha value is -0.650. The summed E-state index contributed by atoms with van der Waals surface area (Å²) in [7, 11) is 3.27. The highest BCUT2D eigenvalue weighted by Gasteiger charge is 2.34. The van der Waals surface area contributed by atoms with Crippen molar-refractivity contribution < 1.29 is 9.53 Å². The number of methoxy groups -OCH3 is 1. The third kappa shape index (κ3) is 4.17. The van der Waals surface area contributed by atoms with Gasteiger partial charge < -0.3 is 15.0 Å². The Morgan fingerprint density at radius 3 is 2.60 bits per heavy atom. The van der Waals surface area contributed by atoms with Crippen LogP contribution in [-0.2, 0) is 9.53 Å². The maximum absolute atomic E-state index is 11.8. The fourth-order valence-corrected chi connectivity index (χ4v) is 2.99. The van der Waals surface area contributed by atoms with E-state index in [0.717, 1.165) is 39.1 Å². The van der Waals surface area contributed by atoms with Gasteiger partial charge in [0.25, 0.3) is 0 Å². The Kier molecular flexibility index (Phi) is 6.92. The number of esters is 1. The molecule has 0 spiro atoms. The van der Waals surface area contributed by atoms with Gasteiger partial charge in [0.05, 0.1) is 7.11 Å². The first-order valence-electron chi connectivity index (χ1n) is 7.74. The van der Waals surface area contributed by atoms with Crippen LogP contribution >= 0.6 is 0 Å². The summed E-state index contributed by atoms with van der Waals surface area (Å²) < 4.78 is 4.89. The molecule has 20 heavy (non-hydrogen) atoms. The monoisotopic (exact) mass is 285 g/mol. The summed E-state index contributed by atoms with van der Waals surface area (Å²) in [6.07, 6.45) is 2.01. The van der Waals surface area contributed by atoms with Crippen molar-refractivity contribution in [1.82, 2.24) is 15.1 Å². The molecule has 1 rings (SSSR count). The van der Waals surface area contributed by atoms with Gasteiger partial charge in [0.15, 0.2) is 0 Å². The molecule has 5 nitrogen and oxygen atoms in total. The molecule has 5 heteroatoms. The van der Waals surface area contributed by atoms with Gasteiger partial charge >= 0.3 is 5.97 Å². The van der Waals surface area contributed by atoms with Crippen LogP contribution in [0.1, 0.15) is 33.6 Å². The van der Waals surface area contributed by atoms with Crippen molar-refractivity contribution in [3.63, 3.8) is 0 Å². The van der Waals surface area contributed by atoms with Crippen LogP contribution in [0, 0.1) is 0 Å². The first-order chi connectivity index (χ1) is 9.50. The average Bonchev–Trinajstić information content (AvgIpc) is 2.94. The number of ether oxygens (including phenoxy) is 1. The zero-order chi connectivity index (χ0) is 15.2. The minimum absolute atomic E-state index is 0.181. The van der Waals surface area contributed by atoms with Crippen molar-refractivity contribution in [3.05, 3.63) is 0 Å². The molecule has 0 aliphatic carbocycles. The van der Waals surface area contributed by atoms with E-state index in [0.29, 0.717) is 6.04 Å². The predicted octanol–water partition coefficient (Wildman–Crippen LogP) is 0.944. The molecule has 0 aromatic heterocycles. The number of hydrogen-bond donors (Lipinski definition) is 1. The molecule has 0 aromatic carbocycles. The Morgan fingerprint density at radius 1 is 1.45 bits per heavy atom. The second-order valence-electron chi connectivity index (χ2n) is 5.79. The van der Waals surface area contributed by atoms with Gasteiger partial charge in [-0.3, -0.25) is 9.69 Å². The second-order valence-corrected chi connectivity index (χ2v) is 5.79.